The number of hydrogen-bond acceptors (Lipinski definition) is 0. The summed E-state index contributed by atoms with van der Waals surface area (Å²) >= 11 is 0. The lowest BCUT2D eigenvalue weighted by Crippen LogP contribution is -2.07. The van der Waals surface area contributed by atoms with E-state index in [2.05, 4.69) is 20.8 Å². The van der Waals surface area contributed by atoms with E-state index in [4.69, 9.17) is 0 Å². The third-order valence-corrected chi connectivity index (χ3v) is 5.98. The van der Waals surface area contributed by atoms with E-state index in [1.165, 1.54) is 103 Å². The normalized spacial score (nSPS) is 19.2. The quantitative estimate of drug-likeness (QED) is 0.301. The Hall–Kier alpha value is 0. The molecule has 0 aromatic carbocycles. The van der Waals surface area contributed by atoms with Gasteiger partial charge in [-0.05, 0) is 17.8 Å². The molecule has 0 aromatic heterocycles. The van der Waals surface area contributed by atoms with Gasteiger partial charge in [-0.2, -0.15) is 0 Å². The molecule has 1 aliphatic carbocycles. The molecule has 22 heavy (non-hydrogen) atoms. The van der Waals surface area contributed by atoms with Crippen molar-refractivity contribution in [1.29, 1.82) is 0 Å². The molecule has 0 aliphatic heterocycles. The minimum absolute atomic E-state index is 0.964. The van der Waals surface area contributed by atoms with Gasteiger partial charge in [0.15, 0.2) is 0 Å². The number of hydrogen-bond donors (Lipinski definition) is 0. The zero-order valence-electron chi connectivity index (χ0n) is 16.0. The maximum absolute atomic E-state index is 2.49. The van der Waals surface area contributed by atoms with Crippen molar-refractivity contribution >= 4 is 0 Å². The fourth-order valence-electron chi connectivity index (χ4n) is 4.25. The summed E-state index contributed by atoms with van der Waals surface area (Å²) in [5, 5.41) is 0. The molecule has 0 heterocycles. The van der Waals surface area contributed by atoms with Gasteiger partial charge in [0.2, 0.25) is 0 Å². The number of unbranched alkanes of at least 4 members (excludes halogenated alkanes) is 3. The smallest absolute Gasteiger partial charge is 0.0414 e. The summed E-state index contributed by atoms with van der Waals surface area (Å²) in [4.78, 5) is 0. The second-order valence-corrected chi connectivity index (χ2v) is 8.43. The minimum Gasteiger partial charge on any atom is -0.0654 e. The van der Waals surface area contributed by atoms with E-state index in [-0.39, 0.29) is 0 Å². The molecule has 0 radical (unpaired) electrons. The van der Waals surface area contributed by atoms with E-state index in [1.807, 2.05) is 0 Å². The third-order valence-electron chi connectivity index (χ3n) is 5.98. The molecule has 1 saturated carbocycles. The van der Waals surface area contributed by atoms with Gasteiger partial charge < -0.3 is 0 Å². The molecular formula is C22H44. The average molecular weight is 309 g/mol. The first-order valence-corrected chi connectivity index (χ1v) is 10.7. The Morgan fingerprint density at radius 2 is 1.27 bits per heavy atom. The van der Waals surface area contributed by atoms with Gasteiger partial charge in [0.25, 0.3) is 0 Å². The summed E-state index contributed by atoms with van der Waals surface area (Å²) in [7, 11) is 0. The second-order valence-electron chi connectivity index (χ2n) is 8.43. The largest absolute Gasteiger partial charge is 0.0654 e. The van der Waals surface area contributed by atoms with Crippen molar-refractivity contribution in [2.24, 2.45) is 17.8 Å². The first kappa shape index (κ1) is 20.0. The van der Waals surface area contributed by atoms with E-state index in [0.29, 0.717) is 0 Å². The first-order chi connectivity index (χ1) is 10.7. The van der Waals surface area contributed by atoms with Crippen molar-refractivity contribution in [2.75, 3.05) is 0 Å². The van der Waals surface area contributed by atoms with Crippen LogP contribution in [-0.4, -0.2) is 0 Å². The van der Waals surface area contributed by atoms with Crippen LogP contribution in [-0.2, 0) is 0 Å². The standard InChI is InChI=1S/C22H44/c1-4-5-6-8-13-20(2)14-11-15-21(3)16-12-19-22-17-9-7-10-18-22/h20-22H,4-19H2,1-3H3. The lowest BCUT2D eigenvalue weighted by molar-refractivity contribution is 0.315. The number of rotatable bonds is 13. The lowest BCUT2D eigenvalue weighted by Gasteiger charge is -2.22. The Bertz CT molecular complexity index is 226. The van der Waals surface area contributed by atoms with E-state index in [9.17, 15) is 0 Å². The average Bonchev–Trinajstić information content (AvgIpc) is 2.53. The highest BCUT2D eigenvalue weighted by molar-refractivity contribution is 4.67. The molecule has 0 aromatic rings. The van der Waals surface area contributed by atoms with Crippen LogP contribution in [0.1, 0.15) is 124 Å². The molecule has 2 atom stereocenters. The van der Waals surface area contributed by atoms with E-state index in [0.717, 1.165) is 17.8 Å². The molecule has 132 valence electrons. The van der Waals surface area contributed by atoms with Crippen molar-refractivity contribution in [3.05, 3.63) is 0 Å². The minimum atomic E-state index is 0.964. The van der Waals surface area contributed by atoms with Crippen molar-refractivity contribution in [2.45, 2.75) is 124 Å². The van der Waals surface area contributed by atoms with E-state index < -0.39 is 0 Å². The molecule has 0 N–H and O–H groups in total. The fraction of sp³-hybridized carbons (Fsp3) is 1.00. The maximum atomic E-state index is 2.49. The maximum Gasteiger partial charge on any atom is -0.0414 e. The predicted octanol–water partition coefficient (Wildman–Crippen LogP) is 8.15. The van der Waals surface area contributed by atoms with Crippen molar-refractivity contribution in [3.63, 3.8) is 0 Å². The Balaban J connectivity index is 1.90. The van der Waals surface area contributed by atoms with Crippen molar-refractivity contribution in [1.82, 2.24) is 0 Å². The lowest BCUT2D eigenvalue weighted by atomic mass is 9.84. The van der Waals surface area contributed by atoms with Crippen LogP contribution in [0.3, 0.4) is 0 Å². The van der Waals surface area contributed by atoms with Gasteiger partial charge in [-0.1, -0.05) is 124 Å². The van der Waals surface area contributed by atoms with Crippen LogP contribution < -0.4 is 0 Å². The highest BCUT2D eigenvalue weighted by atomic mass is 14.2. The van der Waals surface area contributed by atoms with Gasteiger partial charge in [0.05, 0.1) is 0 Å². The van der Waals surface area contributed by atoms with Crippen molar-refractivity contribution in [3.8, 4) is 0 Å². The molecule has 1 rings (SSSR count). The van der Waals surface area contributed by atoms with Crippen LogP contribution in [0.15, 0.2) is 0 Å². The molecule has 1 fully saturated rings. The molecule has 0 heteroatoms. The van der Waals surface area contributed by atoms with Crippen LogP contribution >= 0.6 is 0 Å². The topological polar surface area (TPSA) is 0 Å². The van der Waals surface area contributed by atoms with Gasteiger partial charge in [0, 0.05) is 0 Å². The Kier molecular flexibility index (Phi) is 12.2. The Labute approximate surface area is 141 Å². The van der Waals surface area contributed by atoms with Crippen LogP contribution in [0.5, 0.6) is 0 Å². The molecular weight excluding hydrogens is 264 g/mol. The van der Waals surface area contributed by atoms with Crippen LogP contribution in [0.25, 0.3) is 0 Å². The Morgan fingerprint density at radius 1 is 0.682 bits per heavy atom. The molecule has 0 bridgehead atoms. The zero-order valence-corrected chi connectivity index (χ0v) is 16.0. The van der Waals surface area contributed by atoms with Gasteiger partial charge in [-0.3, -0.25) is 0 Å². The van der Waals surface area contributed by atoms with E-state index >= 15 is 0 Å². The van der Waals surface area contributed by atoms with Gasteiger partial charge in [0.1, 0.15) is 0 Å². The summed E-state index contributed by atoms with van der Waals surface area (Å²) in [5.41, 5.74) is 0. The van der Waals surface area contributed by atoms with Gasteiger partial charge in [-0.15, -0.1) is 0 Å². The third kappa shape index (κ3) is 10.7. The molecule has 0 saturated heterocycles. The summed E-state index contributed by atoms with van der Waals surface area (Å²) in [6.45, 7) is 7.27. The van der Waals surface area contributed by atoms with Gasteiger partial charge in [-0.25, -0.2) is 0 Å². The molecule has 0 spiro atoms. The predicted molar refractivity (Wildman–Crippen MR) is 101 cm³/mol. The fourth-order valence-corrected chi connectivity index (χ4v) is 4.25. The molecule has 1 aliphatic rings. The van der Waals surface area contributed by atoms with Crippen LogP contribution in [0.4, 0.5) is 0 Å². The first-order valence-electron chi connectivity index (χ1n) is 10.7. The highest BCUT2D eigenvalue weighted by Crippen LogP contribution is 2.29. The molecule has 0 nitrogen and oxygen atoms in total. The van der Waals surface area contributed by atoms with Crippen LogP contribution in [0, 0.1) is 17.8 Å². The summed E-state index contributed by atoms with van der Waals surface area (Å²) in [6.07, 6.45) is 23.7. The zero-order chi connectivity index (χ0) is 16.0. The summed E-state index contributed by atoms with van der Waals surface area (Å²) < 4.78 is 0. The molecule has 2 unspecified atom stereocenters. The SMILES string of the molecule is CCCCCCC(C)CCCC(C)CCCC1CCCCC1. The van der Waals surface area contributed by atoms with Crippen LogP contribution in [0.2, 0.25) is 0 Å². The summed E-state index contributed by atoms with van der Waals surface area (Å²) in [6, 6.07) is 0. The molecule has 0 amide bonds. The second kappa shape index (κ2) is 13.4. The summed E-state index contributed by atoms with van der Waals surface area (Å²) in [5.74, 6) is 3.02. The van der Waals surface area contributed by atoms with E-state index in [1.54, 1.807) is 0 Å². The highest BCUT2D eigenvalue weighted by Gasteiger charge is 2.13. The van der Waals surface area contributed by atoms with Crippen molar-refractivity contribution < 1.29 is 0 Å². The van der Waals surface area contributed by atoms with Gasteiger partial charge >= 0.3 is 0 Å². The monoisotopic (exact) mass is 308 g/mol. The Morgan fingerprint density at radius 3 is 1.91 bits per heavy atom.